The fourth-order valence-corrected chi connectivity index (χ4v) is 2.61. The van der Waals surface area contributed by atoms with Gasteiger partial charge in [-0.15, -0.1) is 0 Å². The molecule has 1 aromatic heterocycles. The third kappa shape index (κ3) is 8.91. The molecule has 0 saturated carbocycles. The number of carbonyl (C=O) groups is 1. The number of hydrogen-bond donors (Lipinski definition) is 0. The minimum absolute atomic E-state index is 0.0355. The summed E-state index contributed by atoms with van der Waals surface area (Å²) >= 11 is 0. The van der Waals surface area contributed by atoms with Gasteiger partial charge in [0, 0.05) is 0 Å². The number of carbonyl (C=O) groups excluding carboxylic acids is 1. The summed E-state index contributed by atoms with van der Waals surface area (Å²) in [6, 6.07) is 3.33. The van der Waals surface area contributed by atoms with E-state index in [0.29, 0.717) is 0 Å². The van der Waals surface area contributed by atoms with E-state index >= 15 is 0 Å². The maximum Gasteiger partial charge on any atom is 0.374 e. The Hall–Kier alpha value is -1.25. The van der Waals surface area contributed by atoms with Crippen molar-refractivity contribution in [1.29, 1.82) is 0 Å². The summed E-state index contributed by atoms with van der Waals surface area (Å²) in [5.41, 5.74) is 0. The van der Waals surface area contributed by atoms with Gasteiger partial charge in [-0.25, -0.2) is 4.79 Å². The lowest BCUT2D eigenvalue weighted by atomic mass is 10.0. The maximum absolute atomic E-state index is 11.7. The molecule has 0 fully saturated rings. The van der Waals surface area contributed by atoms with Crippen LogP contribution in [0.4, 0.5) is 0 Å². The second-order valence-corrected chi connectivity index (χ2v) is 6.16. The molecule has 0 aliphatic rings. The molecule has 1 atom stereocenters. The predicted octanol–water partition coefficient (Wildman–Crippen LogP) is 6.14. The molecule has 0 spiro atoms. The Morgan fingerprint density at radius 2 is 1.64 bits per heavy atom. The van der Waals surface area contributed by atoms with Crippen LogP contribution in [0.15, 0.2) is 22.8 Å². The number of rotatable bonds is 13. The van der Waals surface area contributed by atoms with Gasteiger partial charge in [0.1, 0.15) is 0 Å². The smallest absolute Gasteiger partial charge is 0.374 e. The van der Waals surface area contributed by atoms with E-state index in [1.54, 1.807) is 12.1 Å². The molecule has 1 rings (SSSR count). The zero-order chi connectivity index (χ0) is 16.0. The van der Waals surface area contributed by atoms with Crippen molar-refractivity contribution in [1.82, 2.24) is 0 Å². The monoisotopic (exact) mass is 308 g/mol. The van der Waals surface area contributed by atoms with E-state index in [9.17, 15) is 4.79 Å². The summed E-state index contributed by atoms with van der Waals surface area (Å²) in [4.78, 5) is 11.7. The zero-order valence-electron chi connectivity index (χ0n) is 14.3. The Bertz CT molecular complexity index is 370. The van der Waals surface area contributed by atoms with Gasteiger partial charge < -0.3 is 9.15 Å². The third-order valence-corrected chi connectivity index (χ3v) is 3.99. The molecule has 22 heavy (non-hydrogen) atoms. The van der Waals surface area contributed by atoms with E-state index in [0.717, 1.165) is 12.8 Å². The lowest BCUT2D eigenvalue weighted by Gasteiger charge is -2.12. The van der Waals surface area contributed by atoms with Crippen LogP contribution < -0.4 is 0 Å². The third-order valence-electron chi connectivity index (χ3n) is 3.99. The highest BCUT2D eigenvalue weighted by Gasteiger charge is 2.13. The van der Waals surface area contributed by atoms with Crippen molar-refractivity contribution < 1.29 is 13.9 Å². The van der Waals surface area contributed by atoms with E-state index in [-0.39, 0.29) is 17.8 Å². The number of hydrogen-bond acceptors (Lipinski definition) is 3. The zero-order valence-corrected chi connectivity index (χ0v) is 14.3. The molecule has 3 nitrogen and oxygen atoms in total. The van der Waals surface area contributed by atoms with E-state index in [1.165, 1.54) is 64.1 Å². The van der Waals surface area contributed by atoms with Crippen molar-refractivity contribution in [3.8, 4) is 0 Å². The first-order valence-corrected chi connectivity index (χ1v) is 8.98. The van der Waals surface area contributed by atoms with Crippen LogP contribution in [0.5, 0.6) is 0 Å². The number of ether oxygens (including phenoxy) is 1. The van der Waals surface area contributed by atoms with Crippen molar-refractivity contribution in [2.24, 2.45) is 0 Å². The molecule has 0 saturated heterocycles. The summed E-state index contributed by atoms with van der Waals surface area (Å²) in [7, 11) is 0. The van der Waals surface area contributed by atoms with Crippen molar-refractivity contribution >= 4 is 5.97 Å². The Morgan fingerprint density at radius 3 is 2.18 bits per heavy atom. The first-order chi connectivity index (χ1) is 10.7. The van der Waals surface area contributed by atoms with Gasteiger partial charge in [-0.2, -0.15) is 0 Å². The summed E-state index contributed by atoms with van der Waals surface area (Å²) < 4.78 is 10.4. The fraction of sp³-hybridized carbons (Fsp3) is 0.737. The normalized spacial score (nSPS) is 12.3. The quantitative estimate of drug-likeness (QED) is 0.325. The Labute approximate surface area is 135 Å². The molecule has 0 aliphatic heterocycles. The molecule has 126 valence electrons. The van der Waals surface area contributed by atoms with Crippen LogP contribution in [0.25, 0.3) is 0 Å². The van der Waals surface area contributed by atoms with Gasteiger partial charge in [0.2, 0.25) is 5.76 Å². The Morgan fingerprint density at radius 1 is 1.05 bits per heavy atom. The van der Waals surface area contributed by atoms with Gasteiger partial charge in [-0.05, 0) is 31.9 Å². The van der Waals surface area contributed by atoms with E-state index < -0.39 is 0 Å². The summed E-state index contributed by atoms with van der Waals surface area (Å²) in [5, 5.41) is 0. The number of esters is 1. The highest BCUT2D eigenvalue weighted by molar-refractivity contribution is 5.86. The Kier molecular flexibility index (Phi) is 10.5. The van der Waals surface area contributed by atoms with Crippen LogP contribution in [0.2, 0.25) is 0 Å². The van der Waals surface area contributed by atoms with Gasteiger partial charge in [-0.1, -0.05) is 64.7 Å². The van der Waals surface area contributed by atoms with Crippen LogP contribution in [0.3, 0.4) is 0 Å². The van der Waals surface area contributed by atoms with Crippen LogP contribution >= 0.6 is 0 Å². The van der Waals surface area contributed by atoms with E-state index in [2.05, 4.69) is 6.92 Å². The molecule has 1 unspecified atom stereocenters. The van der Waals surface area contributed by atoms with Crippen molar-refractivity contribution in [2.75, 3.05) is 0 Å². The Balaban J connectivity index is 1.90. The highest BCUT2D eigenvalue weighted by atomic mass is 16.6. The van der Waals surface area contributed by atoms with Crippen molar-refractivity contribution in [3.05, 3.63) is 24.2 Å². The van der Waals surface area contributed by atoms with E-state index in [1.807, 2.05) is 6.92 Å². The van der Waals surface area contributed by atoms with Gasteiger partial charge >= 0.3 is 5.97 Å². The molecule has 0 N–H and O–H groups in total. The number of furan rings is 1. The summed E-state index contributed by atoms with van der Waals surface area (Å²) in [6.45, 7) is 4.21. The number of unbranched alkanes of at least 4 members (excludes halogenated alkanes) is 9. The van der Waals surface area contributed by atoms with Gasteiger partial charge in [0.05, 0.1) is 12.4 Å². The van der Waals surface area contributed by atoms with Crippen LogP contribution in [-0.4, -0.2) is 12.1 Å². The predicted molar refractivity (Wildman–Crippen MR) is 90.0 cm³/mol. The van der Waals surface area contributed by atoms with Crippen molar-refractivity contribution in [3.63, 3.8) is 0 Å². The molecule has 3 heteroatoms. The lowest BCUT2D eigenvalue weighted by Crippen LogP contribution is -2.14. The van der Waals surface area contributed by atoms with Crippen LogP contribution in [0, 0.1) is 0 Å². The first-order valence-electron chi connectivity index (χ1n) is 8.98. The average Bonchev–Trinajstić information content (AvgIpc) is 3.03. The molecule has 0 amide bonds. The molecule has 1 aromatic rings. The van der Waals surface area contributed by atoms with Gasteiger partial charge in [-0.3, -0.25) is 0 Å². The highest BCUT2D eigenvalue weighted by Crippen LogP contribution is 2.13. The van der Waals surface area contributed by atoms with E-state index in [4.69, 9.17) is 9.15 Å². The summed E-state index contributed by atoms with van der Waals surface area (Å²) in [5.74, 6) is -0.0699. The van der Waals surface area contributed by atoms with Gasteiger partial charge in [0.15, 0.2) is 0 Å². The minimum atomic E-state index is -0.357. The SMILES string of the molecule is CCCCCCCCCCCCC(C)OC(=O)c1ccco1. The largest absolute Gasteiger partial charge is 0.457 e. The topological polar surface area (TPSA) is 39.4 Å². The maximum atomic E-state index is 11.7. The minimum Gasteiger partial charge on any atom is -0.457 e. The fourth-order valence-electron chi connectivity index (χ4n) is 2.61. The standard InChI is InChI=1S/C19H32O3/c1-3-4-5-6-7-8-9-10-11-12-14-17(2)22-19(20)18-15-13-16-21-18/h13,15-17H,3-12,14H2,1-2H3. The lowest BCUT2D eigenvalue weighted by molar-refractivity contribution is 0.0283. The molecule has 0 bridgehead atoms. The summed E-state index contributed by atoms with van der Waals surface area (Å²) in [6.07, 6.45) is 15.6. The molecular weight excluding hydrogens is 276 g/mol. The molecule has 0 aromatic carbocycles. The second kappa shape index (κ2) is 12.3. The molecule has 0 aliphatic carbocycles. The van der Waals surface area contributed by atoms with Gasteiger partial charge in [0.25, 0.3) is 0 Å². The first kappa shape index (κ1) is 18.8. The van der Waals surface area contributed by atoms with Crippen LogP contribution in [-0.2, 0) is 4.74 Å². The van der Waals surface area contributed by atoms with Crippen molar-refractivity contribution in [2.45, 2.75) is 90.6 Å². The van der Waals surface area contributed by atoms with Crippen LogP contribution in [0.1, 0.15) is 95.0 Å². The second-order valence-electron chi connectivity index (χ2n) is 6.16. The average molecular weight is 308 g/mol. The molecule has 1 heterocycles. The molecule has 0 radical (unpaired) electrons. The molecular formula is C19H32O3.